The van der Waals surface area contributed by atoms with Gasteiger partial charge in [0.1, 0.15) is 0 Å². The minimum absolute atomic E-state index is 0.520. The number of anilines is 1. The van der Waals surface area contributed by atoms with Crippen molar-refractivity contribution in [1.82, 2.24) is 4.98 Å². The van der Waals surface area contributed by atoms with Crippen LogP contribution in [0.3, 0.4) is 0 Å². The molecular weight excluding hydrogens is 140 g/mol. The highest BCUT2D eigenvalue weighted by Gasteiger charge is 1.90. The molecule has 54 valence electrons. The summed E-state index contributed by atoms with van der Waals surface area (Å²) in [4.78, 5) is 13.7. The first-order valence-electron chi connectivity index (χ1n) is 2.99. The van der Waals surface area contributed by atoms with Gasteiger partial charge in [-0.15, -0.1) is 0 Å². The Morgan fingerprint density at radius 2 is 2.45 bits per heavy atom. The molecule has 0 radical (unpaired) electrons. The Hall–Kier alpha value is -1.82. The number of hydrogen-bond acceptors (Lipinski definition) is 3. The van der Waals surface area contributed by atoms with Crippen LogP contribution in [0.1, 0.15) is 5.56 Å². The lowest BCUT2D eigenvalue weighted by atomic mass is 10.2. The minimum Gasteiger partial charge on any atom is -0.398 e. The van der Waals surface area contributed by atoms with E-state index in [0.717, 1.165) is 0 Å². The molecule has 0 saturated carbocycles. The van der Waals surface area contributed by atoms with Gasteiger partial charge in [0.25, 0.3) is 0 Å². The highest BCUT2D eigenvalue weighted by Crippen LogP contribution is 2.05. The maximum Gasteiger partial charge on any atom is 0.193 e. The van der Waals surface area contributed by atoms with E-state index in [4.69, 9.17) is 5.73 Å². The van der Waals surface area contributed by atoms with Gasteiger partial charge in [0, 0.05) is 12.4 Å². The van der Waals surface area contributed by atoms with Gasteiger partial charge in [0.2, 0.25) is 0 Å². The second-order valence-corrected chi connectivity index (χ2v) is 1.85. The van der Waals surface area contributed by atoms with E-state index < -0.39 is 0 Å². The third kappa shape index (κ3) is 1.80. The fourth-order valence-electron chi connectivity index (χ4n) is 0.617. The Balaban J connectivity index is 3.03. The number of nitrogen functional groups attached to an aromatic ring is 1. The van der Waals surface area contributed by atoms with E-state index in [1.165, 1.54) is 6.20 Å². The summed E-state index contributed by atoms with van der Waals surface area (Å²) in [5, 5.41) is 0. The fourth-order valence-corrected chi connectivity index (χ4v) is 0.617. The van der Waals surface area contributed by atoms with Gasteiger partial charge < -0.3 is 5.73 Å². The summed E-state index contributed by atoms with van der Waals surface area (Å²) < 4.78 is 0. The molecule has 1 rings (SSSR count). The van der Waals surface area contributed by atoms with Gasteiger partial charge in [-0.1, -0.05) is 5.92 Å². The van der Waals surface area contributed by atoms with Crippen LogP contribution in [0.25, 0.3) is 0 Å². The number of aldehydes is 1. The molecule has 0 saturated heterocycles. The molecule has 0 spiro atoms. The van der Waals surface area contributed by atoms with Crippen molar-refractivity contribution >= 4 is 12.0 Å². The summed E-state index contributed by atoms with van der Waals surface area (Å²) in [7, 11) is 0. The van der Waals surface area contributed by atoms with Crippen LogP contribution in [-0.4, -0.2) is 11.3 Å². The molecule has 0 atom stereocenters. The lowest BCUT2D eigenvalue weighted by Crippen LogP contribution is -1.89. The molecule has 0 aliphatic heterocycles. The summed E-state index contributed by atoms with van der Waals surface area (Å²) in [6.45, 7) is 0. The van der Waals surface area contributed by atoms with E-state index in [2.05, 4.69) is 16.8 Å². The highest BCUT2D eigenvalue weighted by molar-refractivity contribution is 5.75. The van der Waals surface area contributed by atoms with Gasteiger partial charge in [0.05, 0.1) is 11.3 Å². The minimum atomic E-state index is 0.520. The number of carbonyl (C=O) groups excluding carboxylic acids is 1. The zero-order valence-corrected chi connectivity index (χ0v) is 5.74. The van der Waals surface area contributed by atoms with Gasteiger partial charge in [0.15, 0.2) is 6.29 Å². The van der Waals surface area contributed by atoms with Gasteiger partial charge in [-0.25, -0.2) is 0 Å². The van der Waals surface area contributed by atoms with Gasteiger partial charge in [-0.2, -0.15) is 0 Å². The Labute approximate surface area is 64.2 Å². The maximum atomic E-state index is 9.85. The first-order valence-corrected chi connectivity index (χ1v) is 2.99. The molecule has 0 unspecified atom stereocenters. The van der Waals surface area contributed by atoms with Crippen LogP contribution in [0, 0.1) is 11.8 Å². The van der Waals surface area contributed by atoms with Crippen LogP contribution >= 0.6 is 0 Å². The number of nitrogens with two attached hydrogens (primary N) is 1. The second kappa shape index (κ2) is 3.37. The monoisotopic (exact) mass is 146 g/mol. The lowest BCUT2D eigenvalue weighted by molar-refractivity contribution is -0.103. The first kappa shape index (κ1) is 7.29. The van der Waals surface area contributed by atoms with Crippen molar-refractivity contribution in [2.24, 2.45) is 0 Å². The maximum absolute atomic E-state index is 9.85. The molecule has 0 aliphatic carbocycles. The van der Waals surface area contributed by atoms with E-state index in [9.17, 15) is 4.79 Å². The van der Waals surface area contributed by atoms with Gasteiger partial charge in [-0.3, -0.25) is 9.78 Å². The Kier molecular flexibility index (Phi) is 2.24. The van der Waals surface area contributed by atoms with Gasteiger partial charge >= 0.3 is 0 Å². The zero-order chi connectivity index (χ0) is 8.10. The van der Waals surface area contributed by atoms with E-state index >= 15 is 0 Å². The molecule has 0 aliphatic rings. The van der Waals surface area contributed by atoms with Gasteiger partial charge in [-0.05, 0) is 12.0 Å². The van der Waals surface area contributed by atoms with Crippen molar-refractivity contribution in [3.63, 3.8) is 0 Å². The first-order chi connectivity index (χ1) is 5.34. The molecule has 0 amide bonds. The molecule has 11 heavy (non-hydrogen) atoms. The molecular formula is C8H6N2O. The molecule has 1 aromatic rings. The summed E-state index contributed by atoms with van der Waals surface area (Å²) in [5.41, 5.74) is 6.62. The molecule has 1 aromatic heterocycles. The van der Waals surface area contributed by atoms with Crippen molar-refractivity contribution in [1.29, 1.82) is 0 Å². The normalized spacial score (nSPS) is 8.00. The van der Waals surface area contributed by atoms with Crippen LogP contribution in [0.15, 0.2) is 18.5 Å². The van der Waals surface area contributed by atoms with E-state index in [0.29, 0.717) is 17.5 Å². The molecule has 0 fully saturated rings. The SMILES string of the molecule is Nc1ccncc1C#CC=O. The smallest absolute Gasteiger partial charge is 0.193 e. The van der Waals surface area contributed by atoms with E-state index in [1.807, 2.05) is 0 Å². The number of rotatable bonds is 0. The van der Waals surface area contributed by atoms with Crippen molar-refractivity contribution < 1.29 is 4.79 Å². The number of aromatic nitrogens is 1. The van der Waals surface area contributed by atoms with Crippen molar-refractivity contribution in [2.75, 3.05) is 5.73 Å². The average Bonchev–Trinajstić information content (AvgIpc) is 2.03. The second-order valence-electron chi connectivity index (χ2n) is 1.85. The van der Waals surface area contributed by atoms with Crippen LogP contribution in [0.4, 0.5) is 5.69 Å². The van der Waals surface area contributed by atoms with Crippen molar-refractivity contribution in [3.05, 3.63) is 24.0 Å². The summed E-state index contributed by atoms with van der Waals surface area (Å²) in [6.07, 6.45) is 3.61. The summed E-state index contributed by atoms with van der Waals surface area (Å²) in [5.74, 6) is 4.81. The average molecular weight is 146 g/mol. The highest BCUT2D eigenvalue weighted by atomic mass is 16.1. The summed E-state index contributed by atoms with van der Waals surface area (Å²) in [6, 6.07) is 1.63. The molecule has 2 N–H and O–H groups in total. The Morgan fingerprint density at radius 1 is 1.64 bits per heavy atom. The van der Waals surface area contributed by atoms with E-state index in [-0.39, 0.29) is 0 Å². The molecule has 0 aromatic carbocycles. The van der Waals surface area contributed by atoms with Crippen molar-refractivity contribution in [3.8, 4) is 11.8 Å². The topological polar surface area (TPSA) is 56.0 Å². The number of pyridine rings is 1. The number of nitrogens with zero attached hydrogens (tertiary/aromatic N) is 1. The molecule has 0 bridgehead atoms. The van der Waals surface area contributed by atoms with Crippen LogP contribution in [0.5, 0.6) is 0 Å². The predicted octanol–water partition coefficient (Wildman–Crippen LogP) is 0.214. The third-order valence-electron chi connectivity index (χ3n) is 1.12. The standard InChI is InChI=1S/C8H6N2O/c9-8-3-4-10-6-7(8)2-1-5-11/h3-6H,(H2,9,10). The molecule has 3 nitrogen and oxygen atoms in total. The van der Waals surface area contributed by atoms with Crippen LogP contribution in [-0.2, 0) is 4.79 Å². The summed E-state index contributed by atoms with van der Waals surface area (Å²) >= 11 is 0. The van der Waals surface area contributed by atoms with Crippen molar-refractivity contribution in [2.45, 2.75) is 0 Å². The Bertz CT molecular complexity index is 322. The Morgan fingerprint density at radius 3 is 3.09 bits per heavy atom. The molecule has 3 heteroatoms. The fraction of sp³-hybridized carbons (Fsp3) is 0. The quantitative estimate of drug-likeness (QED) is 0.420. The largest absolute Gasteiger partial charge is 0.398 e. The zero-order valence-electron chi connectivity index (χ0n) is 5.74. The molecule has 1 heterocycles. The van der Waals surface area contributed by atoms with Crippen LogP contribution < -0.4 is 5.73 Å². The number of hydrogen-bond donors (Lipinski definition) is 1. The van der Waals surface area contributed by atoms with Crippen LogP contribution in [0.2, 0.25) is 0 Å². The number of carbonyl (C=O) groups is 1. The third-order valence-corrected chi connectivity index (χ3v) is 1.12. The van der Waals surface area contributed by atoms with E-state index in [1.54, 1.807) is 12.3 Å². The lowest BCUT2D eigenvalue weighted by Gasteiger charge is -1.92. The predicted molar refractivity (Wildman–Crippen MR) is 41.6 cm³/mol.